The van der Waals surface area contributed by atoms with Crippen LogP contribution in [0.3, 0.4) is 0 Å². The van der Waals surface area contributed by atoms with Crippen LogP contribution in [0.1, 0.15) is 28.8 Å². The summed E-state index contributed by atoms with van der Waals surface area (Å²) in [4.78, 5) is 15.9. The Bertz CT molecular complexity index is 944. The summed E-state index contributed by atoms with van der Waals surface area (Å²) in [5.74, 6) is 0.0944. The van der Waals surface area contributed by atoms with Gasteiger partial charge in [0.25, 0.3) is 0 Å². The molecule has 0 radical (unpaired) electrons. The third kappa shape index (κ3) is 3.42. The lowest BCUT2D eigenvalue weighted by molar-refractivity contribution is -0.121. The Kier molecular flexibility index (Phi) is 4.26. The number of fused-ring (bicyclic) bond motifs is 3. The maximum Gasteiger partial charge on any atom is 0.224 e. The molecule has 128 valence electrons. The molecule has 1 atom stereocenters. The number of rotatable bonds is 3. The van der Waals surface area contributed by atoms with Crippen molar-refractivity contribution in [3.05, 3.63) is 69.9 Å². The van der Waals surface area contributed by atoms with Crippen LogP contribution in [-0.2, 0) is 24.1 Å². The second-order valence-electron chi connectivity index (χ2n) is 6.95. The van der Waals surface area contributed by atoms with Crippen molar-refractivity contribution in [2.24, 2.45) is 0 Å². The lowest BCUT2D eigenvalue weighted by Crippen LogP contribution is -2.39. The summed E-state index contributed by atoms with van der Waals surface area (Å²) in [7, 11) is 0. The van der Waals surface area contributed by atoms with E-state index < -0.39 is 0 Å². The Balaban J connectivity index is 1.48. The number of nitrogens with one attached hydrogen (secondary N) is 2. The minimum absolute atomic E-state index is 0.0944. The zero-order valence-electron chi connectivity index (χ0n) is 14.2. The quantitative estimate of drug-likeness (QED) is 0.723. The van der Waals surface area contributed by atoms with Crippen LogP contribution >= 0.6 is 11.6 Å². The molecule has 1 heterocycles. The van der Waals surface area contributed by atoms with Gasteiger partial charge in [0.2, 0.25) is 5.91 Å². The number of hydrogen-bond donors (Lipinski definition) is 2. The monoisotopic (exact) mass is 352 g/mol. The molecule has 1 aromatic heterocycles. The molecule has 0 aliphatic heterocycles. The molecule has 0 saturated carbocycles. The van der Waals surface area contributed by atoms with Gasteiger partial charge in [-0.05, 0) is 55.5 Å². The van der Waals surface area contributed by atoms with Gasteiger partial charge in [0.15, 0.2) is 0 Å². The van der Waals surface area contributed by atoms with Gasteiger partial charge in [-0.2, -0.15) is 0 Å². The Morgan fingerprint density at radius 3 is 3.00 bits per heavy atom. The molecule has 3 aromatic rings. The van der Waals surface area contributed by atoms with Crippen LogP contribution in [0.25, 0.3) is 10.9 Å². The summed E-state index contributed by atoms with van der Waals surface area (Å²) >= 11 is 6.16. The standard InChI is InChI=1S/C21H21ClN2O/c1-13-3-2-4-14(9-13)10-21(25)23-16-6-8-20-18(12-16)17-11-15(22)5-7-19(17)24-20/h2-5,7,9,11,16,24H,6,8,10,12H2,1H3,(H,23,25). The molecule has 1 amide bonds. The molecule has 4 rings (SSSR count). The van der Waals surface area contributed by atoms with E-state index >= 15 is 0 Å². The third-order valence-electron chi connectivity index (χ3n) is 4.96. The molecular formula is C21H21ClN2O. The van der Waals surface area contributed by atoms with Gasteiger partial charge in [-0.15, -0.1) is 0 Å². The van der Waals surface area contributed by atoms with Crippen molar-refractivity contribution in [3.8, 4) is 0 Å². The zero-order valence-corrected chi connectivity index (χ0v) is 15.0. The van der Waals surface area contributed by atoms with E-state index in [-0.39, 0.29) is 11.9 Å². The Morgan fingerprint density at radius 1 is 1.28 bits per heavy atom. The molecule has 2 N–H and O–H groups in total. The largest absolute Gasteiger partial charge is 0.358 e. The summed E-state index contributed by atoms with van der Waals surface area (Å²) in [6, 6.07) is 14.3. The summed E-state index contributed by atoms with van der Waals surface area (Å²) in [6.45, 7) is 2.05. The molecule has 1 unspecified atom stereocenters. The van der Waals surface area contributed by atoms with Gasteiger partial charge < -0.3 is 10.3 Å². The lowest BCUT2D eigenvalue weighted by atomic mass is 9.91. The first-order valence-corrected chi connectivity index (χ1v) is 9.10. The van der Waals surface area contributed by atoms with Crippen molar-refractivity contribution in [3.63, 3.8) is 0 Å². The molecule has 0 saturated heterocycles. The number of carbonyl (C=O) groups excluding carboxylic acids is 1. The van der Waals surface area contributed by atoms with Gasteiger partial charge in [-0.25, -0.2) is 0 Å². The second-order valence-corrected chi connectivity index (χ2v) is 7.38. The van der Waals surface area contributed by atoms with E-state index in [1.165, 1.54) is 22.2 Å². The minimum Gasteiger partial charge on any atom is -0.358 e. The fourth-order valence-electron chi connectivity index (χ4n) is 3.80. The highest BCUT2D eigenvalue weighted by Gasteiger charge is 2.23. The minimum atomic E-state index is 0.0944. The summed E-state index contributed by atoms with van der Waals surface area (Å²) < 4.78 is 0. The van der Waals surface area contributed by atoms with Crippen molar-refractivity contribution in [2.45, 2.75) is 38.6 Å². The first-order chi connectivity index (χ1) is 12.1. The van der Waals surface area contributed by atoms with Crippen molar-refractivity contribution < 1.29 is 4.79 Å². The molecule has 0 fully saturated rings. The van der Waals surface area contributed by atoms with Gasteiger partial charge in [-0.3, -0.25) is 4.79 Å². The number of H-pyrrole nitrogens is 1. The van der Waals surface area contributed by atoms with Gasteiger partial charge in [0.1, 0.15) is 0 Å². The molecule has 0 bridgehead atoms. The van der Waals surface area contributed by atoms with Crippen LogP contribution in [0, 0.1) is 6.92 Å². The topological polar surface area (TPSA) is 44.9 Å². The van der Waals surface area contributed by atoms with E-state index in [0.717, 1.165) is 35.4 Å². The Morgan fingerprint density at radius 2 is 2.16 bits per heavy atom. The van der Waals surface area contributed by atoms with Gasteiger partial charge >= 0.3 is 0 Å². The Hall–Kier alpha value is -2.26. The van der Waals surface area contributed by atoms with Crippen molar-refractivity contribution in [2.75, 3.05) is 0 Å². The highest BCUT2D eigenvalue weighted by Crippen LogP contribution is 2.31. The average Bonchev–Trinajstić information content (AvgIpc) is 2.92. The van der Waals surface area contributed by atoms with Gasteiger partial charge in [0, 0.05) is 27.7 Å². The van der Waals surface area contributed by atoms with E-state index in [1.807, 2.05) is 43.3 Å². The highest BCUT2D eigenvalue weighted by atomic mass is 35.5. The number of benzene rings is 2. The van der Waals surface area contributed by atoms with E-state index in [4.69, 9.17) is 11.6 Å². The summed E-state index contributed by atoms with van der Waals surface area (Å²) in [6.07, 6.45) is 3.21. The normalized spacial score (nSPS) is 16.6. The smallest absolute Gasteiger partial charge is 0.224 e. The molecule has 3 nitrogen and oxygen atoms in total. The predicted molar refractivity (Wildman–Crippen MR) is 102 cm³/mol. The third-order valence-corrected chi connectivity index (χ3v) is 5.20. The van der Waals surface area contributed by atoms with E-state index in [1.54, 1.807) is 0 Å². The Labute approximate surface area is 152 Å². The van der Waals surface area contributed by atoms with Crippen molar-refractivity contribution in [1.29, 1.82) is 0 Å². The van der Waals surface area contributed by atoms with Crippen LogP contribution in [0.2, 0.25) is 5.02 Å². The van der Waals surface area contributed by atoms with Crippen LogP contribution in [0.5, 0.6) is 0 Å². The molecule has 4 heteroatoms. The number of aromatic nitrogens is 1. The fraction of sp³-hybridized carbons (Fsp3) is 0.286. The first-order valence-electron chi connectivity index (χ1n) is 8.72. The second kappa shape index (κ2) is 6.57. The predicted octanol–water partition coefficient (Wildman–Crippen LogP) is 4.35. The average molecular weight is 353 g/mol. The van der Waals surface area contributed by atoms with Crippen LogP contribution in [-0.4, -0.2) is 16.9 Å². The van der Waals surface area contributed by atoms with Gasteiger partial charge in [0.05, 0.1) is 6.42 Å². The van der Waals surface area contributed by atoms with E-state index in [9.17, 15) is 4.79 Å². The maximum absolute atomic E-state index is 12.4. The molecular weight excluding hydrogens is 332 g/mol. The fourth-order valence-corrected chi connectivity index (χ4v) is 3.97. The molecule has 0 spiro atoms. The zero-order chi connectivity index (χ0) is 17.4. The molecule has 25 heavy (non-hydrogen) atoms. The number of halogens is 1. The first kappa shape index (κ1) is 16.2. The number of hydrogen-bond acceptors (Lipinski definition) is 1. The van der Waals surface area contributed by atoms with E-state index in [0.29, 0.717) is 6.42 Å². The molecule has 2 aromatic carbocycles. The number of aryl methyl sites for hydroxylation is 2. The van der Waals surface area contributed by atoms with Crippen LogP contribution < -0.4 is 5.32 Å². The SMILES string of the molecule is Cc1cccc(CC(=O)NC2CCc3[nH]c4ccc(Cl)cc4c3C2)c1. The number of carbonyl (C=O) groups is 1. The molecule has 1 aliphatic rings. The molecule has 1 aliphatic carbocycles. The number of amides is 1. The highest BCUT2D eigenvalue weighted by molar-refractivity contribution is 6.31. The lowest BCUT2D eigenvalue weighted by Gasteiger charge is -2.23. The van der Waals surface area contributed by atoms with Gasteiger partial charge in [-0.1, -0.05) is 41.4 Å². The van der Waals surface area contributed by atoms with Crippen LogP contribution in [0.15, 0.2) is 42.5 Å². The van der Waals surface area contributed by atoms with Crippen molar-refractivity contribution >= 4 is 28.4 Å². The van der Waals surface area contributed by atoms with Crippen molar-refractivity contribution in [1.82, 2.24) is 10.3 Å². The van der Waals surface area contributed by atoms with E-state index in [2.05, 4.69) is 16.4 Å². The van der Waals surface area contributed by atoms with Crippen LogP contribution in [0.4, 0.5) is 0 Å². The summed E-state index contributed by atoms with van der Waals surface area (Å²) in [5, 5.41) is 5.14. The maximum atomic E-state index is 12.4. The summed E-state index contributed by atoms with van der Waals surface area (Å²) in [5.41, 5.74) is 5.95. The number of aromatic amines is 1.